The number of benzene rings is 2. The molecule has 2 aromatic heterocycles. The van der Waals surface area contributed by atoms with Gasteiger partial charge < -0.3 is 19.4 Å². The van der Waals surface area contributed by atoms with Crippen LogP contribution in [0.1, 0.15) is 22.8 Å². The van der Waals surface area contributed by atoms with Gasteiger partial charge in [0.05, 0.1) is 13.2 Å². The summed E-state index contributed by atoms with van der Waals surface area (Å²) in [4.78, 5) is 24.9. The fourth-order valence-electron chi connectivity index (χ4n) is 5.59. The number of carbonyl (C=O) groups is 1. The zero-order chi connectivity index (χ0) is 24.1. The smallest absolute Gasteiger partial charge is 0.295 e. The van der Waals surface area contributed by atoms with Gasteiger partial charge in [0.1, 0.15) is 5.52 Å². The molecule has 3 unspecified atom stereocenters. The van der Waals surface area contributed by atoms with Gasteiger partial charge in [-0.15, -0.1) is 0 Å². The maximum Gasteiger partial charge on any atom is 0.295 e. The molecule has 1 aliphatic heterocycles. The van der Waals surface area contributed by atoms with E-state index in [-0.39, 0.29) is 11.9 Å². The number of nitrogens with zero attached hydrogens (tertiary/aromatic N) is 3. The summed E-state index contributed by atoms with van der Waals surface area (Å²) in [6.45, 7) is 5.68. The van der Waals surface area contributed by atoms with Crippen LogP contribution in [-0.4, -0.2) is 47.0 Å². The van der Waals surface area contributed by atoms with Crippen molar-refractivity contribution in [2.75, 3.05) is 25.5 Å². The molecule has 0 spiro atoms. The summed E-state index contributed by atoms with van der Waals surface area (Å²) in [5.74, 6) is 2.27. The summed E-state index contributed by atoms with van der Waals surface area (Å²) in [6, 6.07) is 18.1. The van der Waals surface area contributed by atoms with Crippen LogP contribution in [-0.2, 0) is 0 Å². The number of para-hydroxylation sites is 2. The van der Waals surface area contributed by atoms with Gasteiger partial charge in [-0.05, 0) is 54.5 Å². The lowest BCUT2D eigenvalue weighted by Gasteiger charge is -2.29. The van der Waals surface area contributed by atoms with Crippen LogP contribution < -0.4 is 10.1 Å². The maximum absolute atomic E-state index is 14.0. The van der Waals surface area contributed by atoms with E-state index in [1.807, 2.05) is 66.4 Å². The van der Waals surface area contributed by atoms with Gasteiger partial charge in [0.2, 0.25) is 5.88 Å². The number of hydrogen-bond acceptors (Lipinski definition) is 6. The number of piperidine rings is 1. The third-order valence-electron chi connectivity index (χ3n) is 7.57. The van der Waals surface area contributed by atoms with E-state index in [0.717, 1.165) is 34.3 Å². The van der Waals surface area contributed by atoms with Crippen LogP contribution in [0.15, 0.2) is 65.2 Å². The van der Waals surface area contributed by atoms with Gasteiger partial charge in [-0.25, -0.2) is 4.98 Å². The Morgan fingerprint density at radius 2 is 2.06 bits per heavy atom. The second kappa shape index (κ2) is 8.41. The van der Waals surface area contributed by atoms with Crippen LogP contribution in [0.25, 0.3) is 22.2 Å². The number of carbonyl (C=O) groups excluding carboxylic acids is 1. The molecule has 7 heteroatoms. The lowest BCUT2D eigenvalue weighted by Crippen LogP contribution is -2.43. The molecule has 2 fully saturated rings. The molecule has 0 bridgehead atoms. The molecule has 1 aliphatic carbocycles. The van der Waals surface area contributed by atoms with E-state index < -0.39 is 0 Å². The highest BCUT2D eigenvalue weighted by molar-refractivity contribution is 6.01. The molecule has 35 heavy (non-hydrogen) atoms. The Kier molecular flexibility index (Phi) is 5.20. The summed E-state index contributed by atoms with van der Waals surface area (Å²) in [7, 11) is 1.59. The molecule has 1 saturated carbocycles. The second-order valence-electron chi connectivity index (χ2n) is 9.63. The Hall–Kier alpha value is -3.87. The van der Waals surface area contributed by atoms with Crippen molar-refractivity contribution in [3.63, 3.8) is 0 Å². The molecular weight excluding hydrogens is 440 g/mol. The van der Waals surface area contributed by atoms with Crippen molar-refractivity contribution in [2.24, 2.45) is 17.8 Å². The molecule has 1 N–H and O–H groups in total. The van der Waals surface area contributed by atoms with Gasteiger partial charge >= 0.3 is 0 Å². The van der Waals surface area contributed by atoms with E-state index in [4.69, 9.17) is 9.15 Å². The van der Waals surface area contributed by atoms with Crippen molar-refractivity contribution < 1.29 is 13.9 Å². The van der Waals surface area contributed by atoms with Crippen molar-refractivity contribution in [1.29, 1.82) is 0 Å². The SMILES string of the molecule is COc1ccc(-c2ccc(C)cc2C(=O)N2CC3C(C)C3[C@H]2CNc2nc3ccccc3o2)cn1. The van der Waals surface area contributed by atoms with Gasteiger partial charge in [-0.2, -0.15) is 4.98 Å². The van der Waals surface area contributed by atoms with E-state index >= 15 is 0 Å². The van der Waals surface area contributed by atoms with Gasteiger partial charge in [0.25, 0.3) is 11.9 Å². The van der Waals surface area contributed by atoms with Crippen molar-refractivity contribution in [2.45, 2.75) is 19.9 Å². The number of fused-ring (bicyclic) bond motifs is 2. The zero-order valence-electron chi connectivity index (χ0n) is 20.1. The molecule has 3 heterocycles. The lowest BCUT2D eigenvalue weighted by atomic mass is 9.97. The Morgan fingerprint density at radius 3 is 2.83 bits per heavy atom. The van der Waals surface area contributed by atoms with Crippen LogP contribution in [0.5, 0.6) is 5.88 Å². The lowest BCUT2D eigenvalue weighted by molar-refractivity contribution is 0.0705. The van der Waals surface area contributed by atoms with Crippen LogP contribution in [0.4, 0.5) is 6.01 Å². The number of methoxy groups -OCH3 is 1. The van der Waals surface area contributed by atoms with E-state index in [1.165, 1.54) is 0 Å². The Labute approximate surface area is 204 Å². The third kappa shape index (κ3) is 3.81. The number of pyridine rings is 1. The van der Waals surface area contributed by atoms with Gasteiger partial charge in [0, 0.05) is 36.5 Å². The molecule has 7 nitrogen and oxygen atoms in total. The van der Waals surface area contributed by atoms with E-state index in [1.54, 1.807) is 13.3 Å². The highest BCUT2D eigenvalue weighted by atomic mass is 16.5. The first-order chi connectivity index (χ1) is 17.0. The number of amides is 1. The number of rotatable bonds is 6. The minimum Gasteiger partial charge on any atom is -0.481 e. The van der Waals surface area contributed by atoms with Crippen LogP contribution in [0.3, 0.4) is 0 Å². The standard InChI is InChI=1S/C28H28N4O3/c1-16-8-10-19(18-9-11-25(34-3)29-13-18)20(12-16)27(33)32-15-21-17(2)26(21)23(32)14-30-28-31-22-6-4-5-7-24(22)35-28/h4-13,17,21,23,26H,14-15H2,1-3H3,(H,30,31)/t17?,21?,23-,26?/m1/s1. The van der Waals surface area contributed by atoms with Crippen molar-refractivity contribution in [3.05, 3.63) is 71.9 Å². The van der Waals surface area contributed by atoms with Crippen molar-refractivity contribution >= 4 is 23.0 Å². The van der Waals surface area contributed by atoms with E-state index in [2.05, 4.69) is 22.2 Å². The van der Waals surface area contributed by atoms with Gasteiger partial charge in [-0.1, -0.05) is 36.8 Å². The monoisotopic (exact) mass is 468 g/mol. The minimum absolute atomic E-state index is 0.0586. The molecule has 6 rings (SSSR count). The number of ether oxygens (including phenoxy) is 1. The summed E-state index contributed by atoms with van der Waals surface area (Å²) in [5.41, 5.74) is 5.12. The molecule has 4 aromatic rings. The van der Waals surface area contributed by atoms with Crippen LogP contribution in [0.2, 0.25) is 0 Å². The molecule has 178 valence electrons. The Balaban J connectivity index is 1.27. The fourth-order valence-corrected chi connectivity index (χ4v) is 5.59. The average Bonchev–Trinajstić information content (AvgIpc) is 3.22. The molecule has 1 amide bonds. The number of aromatic nitrogens is 2. The molecule has 1 saturated heterocycles. The molecule has 0 radical (unpaired) electrons. The number of nitrogens with one attached hydrogen (secondary N) is 1. The quantitative estimate of drug-likeness (QED) is 0.428. The predicted molar refractivity (Wildman–Crippen MR) is 134 cm³/mol. The van der Waals surface area contributed by atoms with E-state index in [9.17, 15) is 4.79 Å². The summed E-state index contributed by atoms with van der Waals surface area (Å²) < 4.78 is 11.1. The average molecular weight is 469 g/mol. The zero-order valence-corrected chi connectivity index (χ0v) is 20.1. The van der Waals surface area contributed by atoms with Crippen LogP contribution >= 0.6 is 0 Å². The minimum atomic E-state index is 0.0586. The normalized spacial score (nSPS) is 22.8. The number of oxazole rings is 1. The predicted octanol–water partition coefficient (Wildman–Crippen LogP) is 5.03. The fraction of sp³-hybridized carbons (Fsp3) is 0.321. The number of likely N-dealkylation sites (tertiary alicyclic amines) is 1. The third-order valence-corrected chi connectivity index (χ3v) is 7.57. The number of anilines is 1. The number of aryl methyl sites for hydroxylation is 1. The Bertz CT molecular complexity index is 1360. The summed E-state index contributed by atoms with van der Waals surface area (Å²) >= 11 is 0. The Morgan fingerprint density at radius 1 is 1.20 bits per heavy atom. The van der Waals surface area contributed by atoms with Crippen LogP contribution in [0, 0.1) is 24.7 Å². The summed E-state index contributed by atoms with van der Waals surface area (Å²) in [5, 5.41) is 3.36. The van der Waals surface area contributed by atoms with Crippen molar-refractivity contribution in [3.8, 4) is 17.0 Å². The van der Waals surface area contributed by atoms with E-state index in [0.29, 0.717) is 41.8 Å². The largest absolute Gasteiger partial charge is 0.481 e. The van der Waals surface area contributed by atoms with Gasteiger partial charge in [-0.3, -0.25) is 4.79 Å². The molecule has 4 atom stereocenters. The second-order valence-corrected chi connectivity index (χ2v) is 9.63. The maximum atomic E-state index is 14.0. The van der Waals surface area contributed by atoms with Gasteiger partial charge in [0.15, 0.2) is 5.58 Å². The first kappa shape index (κ1) is 21.6. The van der Waals surface area contributed by atoms with Crippen molar-refractivity contribution in [1.82, 2.24) is 14.9 Å². The first-order valence-corrected chi connectivity index (χ1v) is 12.0. The molecule has 2 aromatic carbocycles. The highest BCUT2D eigenvalue weighted by Gasteiger charge is 2.59. The molecule has 2 aliphatic rings. The summed E-state index contributed by atoms with van der Waals surface area (Å²) in [6.07, 6.45) is 1.76. The molecular formula is C28H28N4O3. The number of hydrogen-bond donors (Lipinski definition) is 1. The first-order valence-electron chi connectivity index (χ1n) is 12.0. The highest BCUT2D eigenvalue weighted by Crippen LogP contribution is 2.55. The topological polar surface area (TPSA) is 80.5 Å².